The van der Waals surface area contributed by atoms with Gasteiger partial charge in [-0.05, 0) is 18.6 Å². The van der Waals surface area contributed by atoms with Gasteiger partial charge in [-0.3, -0.25) is 9.47 Å². The third-order valence-electron chi connectivity index (χ3n) is 4.30. The highest BCUT2D eigenvalue weighted by Gasteiger charge is 2.23. The second-order valence-electron chi connectivity index (χ2n) is 6.49. The molecule has 0 aromatic carbocycles. The molecule has 9 heteroatoms. The van der Waals surface area contributed by atoms with Crippen LogP contribution in [0.25, 0.3) is 0 Å². The molecule has 1 atom stereocenters. The van der Waals surface area contributed by atoms with Gasteiger partial charge in [0.2, 0.25) is 0 Å². The molecular formula is C20H26BrClN2O5. The molecule has 1 unspecified atom stereocenters. The topological polar surface area (TPSA) is 70.0 Å². The van der Waals surface area contributed by atoms with Gasteiger partial charge in [0.25, 0.3) is 0 Å². The molecule has 0 aliphatic heterocycles. The van der Waals surface area contributed by atoms with E-state index in [1.165, 1.54) is 12.3 Å². The van der Waals surface area contributed by atoms with Crippen molar-refractivity contribution in [3.63, 3.8) is 0 Å². The van der Waals surface area contributed by atoms with Crippen molar-refractivity contribution < 1.29 is 19.0 Å². The largest absolute Gasteiger partial charge is 0.492 e. The van der Waals surface area contributed by atoms with Crippen LogP contribution in [0.1, 0.15) is 30.1 Å². The number of halogens is 2. The number of hydrogen-bond acceptors (Lipinski definition) is 6. The van der Waals surface area contributed by atoms with E-state index >= 15 is 0 Å². The molecule has 0 N–H and O–H groups in total. The van der Waals surface area contributed by atoms with E-state index in [1.54, 1.807) is 24.9 Å². The standard InChI is InChI=1S/C20H26BrClN2O5/c1-4-28-20(26)15-13-24(7-6-18(15)25)23(2)12-14-10-19(17(22)11-16(14)21)29-9-5-8-27-3/h6-7,10,13,16H,4-5,8-9,11-12H2,1-3H3. The number of aromatic nitrogens is 1. The van der Waals surface area contributed by atoms with Gasteiger partial charge in [-0.15, -0.1) is 0 Å². The number of carbonyl (C=O) groups is 1. The molecule has 0 saturated carbocycles. The summed E-state index contributed by atoms with van der Waals surface area (Å²) in [5, 5.41) is 2.55. The second kappa shape index (κ2) is 11.4. The molecule has 2 rings (SSSR count). The Hall–Kier alpha value is -1.77. The number of esters is 1. The molecule has 160 valence electrons. The normalized spacial score (nSPS) is 16.4. The van der Waals surface area contributed by atoms with Crippen molar-refractivity contribution in [2.75, 3.05) is 45.5 Å². The average Bonchev–Trinajstić information content (AvgIpc) is 2.68. The molecular weight excluding hydrogens is 464 g/mol. The Morgan fingerprint density at radius 2 is 2.17 bits per heavy atom. The Morgan fingerprint density at radius 1 is 1.41 bits per heavy atom. The summed E-state index contributed by atoms with van der Waals surface area (Å²) in [6.45, 7) is 3.59. The molecule has 1 aromatic heterocycles. The van der Waals surface area contributed by atoms with Crippen LogP contribution in [0.3, 0.4) is 0 Å². The highest BCUT2D eigenvalue weighted by atomic mass is 79.9. The van der Waals surface area contributed by atoms with E-state index in [9.17, 15) is 9.59 Å². The minimum atomic E-state index is -0.628. The summed E-state index contributed by atoms with van der Waals surface area (Å²) in [6.07, 6.45) is 6.43. The summed E-state index contributed by atoms with van der Waals surface area (Å²) in [5.74, 6) is 0.0333. The van der Waals surface area contributed by atoms with Crippen molar-refractivity contribution >= 4 is 33.5 Å². The lowest BCUT2D eigenvalue weighted by atomic mass is 10.0. The smallest absolute Gasteiger partial charge is 0.343 e. The van der Waals surface area contributed by atoms with E-state index in [0.29, 0.717) is 37.0 Å². The first-order valence-electron chi connectivity index (χ1n) is 9.33. The minimum absolute atomic E-state index is 0.000628. The van der Waals surface area contributed by atoms with Crippen molar-refractivity contribution in [2.24, 2.45) is 0 Å². The first kappa shape index (κ1) is 23.5. The van der Waals surface area contributed by atoms with Crippen LogP contribution < -0.4 is 10.4 Å². The summed E-state index contributed by atoms with van der Waals surface area (Å²) in [4.78, 5) is 24.0. The first-order chi connectivity index (χ1) is 13.9. The predicted molar refractivity (Wildman–Crippen MR) is 116 cm³/mol. The van der Waals surface area contributed by atoms with E-state index in [1.807, 2.05) is 18.1 Å². The van der Waals surface area contributed by atoms with Crippen molar-refractivity contribution in [3.8, 4) is 0 Å². The minimum Gasteiger partial charge on any atom is -0.492 e. The van der Waals surface area contributed by atoms with E-state index in [4.69, 9.17) is 25.8 Å². The Morgan fingerprint density at radius 3 is 2.86 bits per heavy atom. The van der Waals surface area contributed by atoms with Gasteiger partial charge < -0.3 is 19.2 Å². The van der Waals surface area contributed by atoms with Crippen molar-refractivity contribution in [1.82, 2.24) is 4.68 Å². The van der Waals surface area contributed by atoms with Crippen molar-refractivity contribution in [2.45, 2.75) is 24.6 Å². The molecule has 7 nitrogen and oxygen atoms in total. The fourth-order valence-corrected chi connectivity index (χ4v) is 3.82. The molecule has 0 saturated heterocycles. The van der Waals surface area contributed by atoms with Gasteiger partial charge in [0.05, 0.1) is 24.8 Å². The third kappa shape index (κ3) is 6.62. The van der Waals surface area contributed by atoms with Crippen LogP contribution in [0.15, 0.2) is 45.7 Å². The maximum absolute atomic E-state index is 12.0. The summed E-state index contributed by atoms with van der Waals surface area (Å²) in [7, 11) is 3.51. The molecule has 0 amide bonds. The van der Waals surface area contributed by atoms with Crippen LogP contribution in [0.4, 0.5) is 0 Å². The van der Waals surface area contributed by atoms with E-state index in [0.717, 1.165) is 12.0 Å². The Labute approximate surface area is 184 Å². The van der Waals surface area contributed by atoms with Crippen LogP contribution in [0, 0.1) is 0 Å². The summed E-state index contributed by atoms with van der Waals surface area (Å²) in [5.41, 5.74) is 0.694. The molecule has 0 radical (unpaired) electrons. The molecule has 0 bridgehead atoms. The van der Waals surface area contributed by atoms with E-state index < -0.39 is 5.97 Å². The Kier molecular flexibility index (Phi) is 9.26. The van der Waals surface area contributed by atoms with Gasteiger partial charge in [0, 0.05) is 56.9 Å². The number of methoxy groups -OCH3 is 1. The molecule has 1 aliphatic rings. The lowest BCUT2D eigenvalue weighted by Gasteiger charge is -2.28. The summed E-state index contributed by atoms with van der Waals surface area (Å²) >= 11 is 10.0. The van der Waals surface area contributed by atoms with Gasteiger partial charge in [0.1, 0.15) is 11.3 Å². The van der Waals surface area contributed by atoms with Gasteiger partial charge in [-0.25, -0.2) is 4.79 Å². The number of alkyl halides is 1. The molecule has 1 aromatic rings. The number of hydrogen-bond donors (Lipinski definition) is 0. The van der Waals surface area contributed by atoms with Crippen LogP contribution in [0.5, 0.6) is 0 Å². The SMILES string of the molecule is CCOC(=O)c1cn(N(C)CC2=CC(OCCCOC)=C(Cl)CC2Br)ccc1=O. The predicted octanol–water partition coefficient (Wildman–Crippen LogP) is 3.19. The number of carbonyl (C=O) groups excluding carboxylic acids is 1. The zero-order valence-electron chi connectivity index (χ0n) is 16.8. The van der Waals surface area contributed by atoms with Crippen LogP contribution in [-0.4, -0.2) is 56.0 Å². The van der Waals surface area contributed by atoms with Crippen LogP contribution in [0.2, 0.25) is 0 Å². The third-order valence-corrected chi connectivity index (χ3v) is 5.55. The lowest BCUT2D eigenvalue weighted by Crippen LogP contribution is -2.35. The monoisotopic (exact) mass is 488 g/mol. The highest BCUT2D eigenvalue weighted by Crippen LogP contribution is 2.32. The summed E-state index contributed by atoms with van der Waals surface area (Å²) in [6, 6.07) is 1.35. The number of likely N-dealkylation sites (N-methyl/N-ethyl adjacent to an activating group) is 1. The van der Waals surface area contributed by atoms with Crippen LogP contribution >= 0.6 is 27.5 Å². The van der Waals surface area contributed by atoms with Gasteiger partial charge in [-0.1, -0.05) is 27.5 Å². The van der Waals surface area contributed by atoms with Crippen molar-refractivity contribution in [3.05, 3.63) is 56.7 Å². The summed E-state index contributed by atoms with van der Waals surface area (Å²) < 4.78 is 17.5. The van der Waals surface area contributed by atoms with Gasteiger partial charge in [-0.2, -0.15) is 0 Å². The van der Waals surface area contributed by atoms with E-state index in [-0.39, 0.29) is 22.4 Å². The number of ether oxygens (including phenoxy) is 3. The zero-order chi connectivity index (χ0) is 21.4. The van der Waals surface area contributed by atoms with Crippen molar-refractivity contribution in [1.29, 1.82) is 0 Å². The quantitative estimate of drug-likeness (QED) is 0.286. The number of rotatable bonds is 10. The number of nitrogens with zero attached hydrogens (tertiary/aromatic N) is 2. The Balaban J connectivity index is 2.14. The van der Waals surface area contributed by atoms with Gasteiger partial charge in [0.15, 0.2) is 5.43 Å². The molecule has 0 spiro atoms. The number of pyridine rings is 1. The first-order valence-corrected chi connectivity index (χ1v) is 10.6. The Bertz CT molecular complexity index is 836. The molecule has 1 aliphatic carbocycles. The maximum Gasteiger partial charge on any atom is 0.343 e. The van der Waals surface area contributed by atoms with E-state index in [2.05, 4.69) is 15.9 Å². The lowest BCUT2D eigenvalue weighted by molar-refractivity contribution is 0.0524. The van der Waals surface area contributed by atoms with Crippen LogP contribution in [-0.2, 0) is 14.2 Å². The molecule has 1 heterocycles. The average molecular weight is 490 g/mol. The second-order valence-corrected chi connectivity index (χ2v) is 8.06. The molecule has 29 heavy (non-hydrogen) atoms. The highest BCUT2D eigenvalue weighted by molar-refractivity contribution is 9.09. The fraction of sp³-hybridized carbons (Fsp3) is 0.500. The number of allylic oxidation sites excluding steroid dienone is 2. The fourth-order valence-electron chi connectivity index (χ4n) is 2.77. The zero-order valence-corrected chi connectivity index (χ0v) is 19.2. The van der Waals surface area contributed by atoms with Gasteiger partial charge >= 0.3 is 5.97 Å². The molecule has 0 fully saturated rings. The maximum atomic E-state index is 12.0.